The van der Waals surface area contributed by atoms with Crippen molar-refractivity contribution >= 4 is 0 Å². The number of methoxy groups -OCH3 is 1. The Bertz CT molecular complexity index is 840. The molecular weight excluding hydrogens is 404 g/mol. The number of aromatic nitrogens is 1. The number of ether oxygens (including phenoxy) is 2. The number of hydrogen-bond donors (Lipinski definition) is 1. The van der Waals surface area contributed by atoms with E-state index in [0.29, 0.717) is 18.0 Å². The Morgan fingerprint density at radius 1 is 1.09 bits per heavy atom. The SMILES string of the molecule is CCN1CCN(C[C@@H](O)COc2ccc(CN(C)Cc3ncccc3C)cc2OC)CC1. The lowest BCUT2D eigenvalue weighted by Gasteiger charge is -2.34. The fourth-order valence-corrected chi connectivity index (χ4v) is 4.06. The summed E-state index contributed by atoms with van der Waals surface area (Å²) in [6, 6.07) is 10.0. The van der Waals surface area contributed by atoms with Crippen LogP contribution in [-0.4, -0.2) is 90.9 Å². The van der Waals surface area contributed by atoms with Crippen LogP contribution in [0.1, 0.15) is 23.7 Å². The van der Waals surface area contributed by atoms with Crippen molar-refractivity contribution in [3.8, 4) is 11.5 Å². The van der Waals surface area contributed by atoms with Gasteiger partial charge in [-0.3, -0.25) is 14.8 Å². The average Bonchev–Trinajstić information content (AvgIpc) is 2.80. The van der Waals surface area contributed by atoms with Crippen LogP contribution in [-0.2, 0) is 13.1 Å². The second-order valence-corrected chi connectivity index (χ2v) is 8.62. The van der Waals surface area contributed by atoms with Gasteiger partial charge in [-0.15, -0.1) is 0 Å². The zero-order chi connectivity index (χ0) is 22.9. The van der Waals surface area contributed by atoms with E-state index in [1.54, 1.807) is 7.11 Å². The fraction of sp³-hybridized carbons (Fsp3) is 0.560. The van der Waals surface area contributed by atoms with Gasteiger partial charge in [0.25, 0.3) is 0 Å². The predicted octanol–water partition coefficient (Wildman–Crippen LogP) is 2.41. The van der Waals surface area contributed by atoms with Gasteiger partial charge in [0.2, 0.25) is 0 Å². The molecule has 7 nitrogen and oxygen atoms in total. The molecule has 1 fully saturated rings. The Morgan fingerprint density at radius 2 is 1.84 bits per heavy atom. The molecule has 176 valence electrons. The minimum Gasteiger partial charge on any atom is -0.493 e. The lowest BCUT2D eigenvalue weighted by atomic mass is 10.1. The smallest absolute Gasteiger partial charge is 0.161 e. The predicted molar refractivity (Wildman–Crippen MR) is 127 cm³/mol. The summed E-state index contributed by atoms with van der Waals surface area (Å²) in [7, 11) is 3.73. The van der Waals surface area contributed by atoms with Crippen LogP contribution >= 0.6 is 0 Å². The minimum atomic E-state index is -0.527. The molecule has 3 rings (SSSR count). The summed E-state index contributed by atoms with van der Waals surface area (Å²) in [4.78, 5) is 11.4. The van der Waals surface area contributed by atoms with E-state index in [0.717, 1.165) is 57.1 Å². The van der Waals surface area contributed by atoms with Crippen LogP contribution in [0.5, 0.6) is 11.5 Å². The van der Waals surface area contributed by atoms with Gasteiger partial charge in [0.05, 0.1) is 12.8 Å². The number of rotatable bonds is 11. The molecule has 0 aliphatic carbocycles. The number of pyridine rings is 1. The van der Waals surface area contributed by atoms with Gasteiger partial charge in [-0.2, -0.15) is 0 Å². The van der Waals surface area contributed by atoms with Crippen molar-refractivity contribution in [1.82, 2.24) is 19.7 Å². The number of nitrogens with zero attached hydrogens (tertiary/aromatic N) is 4. The summed E-state index contributed by atoms with van der Waals surface area (Å²) in [6.45, 7) is 11.9. The highest BCUT2D eigenvalue weighted by molar-refractivity contribution is 5.43. The number of aliphatic hydroxyl groups is 1. The van der Waals surface area contributed by atoms with Crippen molar-refractivity contribution in [3.05, 3.63) is 53.3 Å². The zero-order valence-electron chi connectivity index (χ0n) is 20.0. The van der Waals surface area contributed by atoms with Crippen LogP contribution in [0.25, 0.3) is 0 Å². The van der Waals surface area contributed by atoms with Crippen molar-refractivity contribution < 1.29 is 14.6 Å². The van der Waals surface area contributed by atoms with E-state index in [2.05, 4.69) is 52.7 Å². The number of aliphatic hydroxyl groups excluding tert-OH is 1. The summed E-state index contributed by atoms with van der Waals surface area (Å²) in [5, 5.41) is 10.5. The largest absolute Gasteiger partial charge is 0.493 e. The molecule has 1 aliphatic rings. The molecule has 1 aromatic carbocycles. The van der Waals surface area contributed by atoms with Gasteiger partial charge in [0, 0.05) is 52.0 Å². The van der Waals surface area contributed by atoms with Gasteiger partial charge in [-0.1, -0.05) is 19.1 Å². The maximum absolute atomic E-state index is 10.5. The molecule has 0 amide bonds. The maximum Gasteiger partial charge on any atom is 0.161 e. The van der Waals surface area contributed by atoms with Crippen molar-refractivity contribution in [2.45, 2.75) is 33.0 Å². The third-order valence-corrected chi connectivity index (χ3v) is 6.03. The number of hydrogen-bond acceptors (Lipinski definition) is 7. The highest BCUT2D eigenvalue weighted by Crippen LogP contribution is 2.29. The quantitative estimate of drug-likeness (QED) is 0.573. The third kappa shape index (κ3) is 7.17. The van der Waals surface area contributed by atoms with E-state index in [4.69, 9.17) is 9.47 Å². The van der Waals surface area contributed by atoms with Crippen LogP contribution < -0.4 is 9.47 Å². The first-order valence-corrected chi connectivity index (χ1v) is 11.5. The third-order valence-electron chi connectivity index (χ3n) is 6.03. The summed E-state index contributed by atoms with van der Waals surface area (Å²) >= 11 is 0. The molecule has 0 spiro atoms. The normalized spacial score (nSPS) is 16.3. The molecule has 1 aliphatic heterocycles. The summed E-state index contributed by atoms with van der Waals surface area (Å²) in [6.07, 6.45) is 1.31. The standard InChI is InChI=1S/C25H38N4O3/c1-5-28-11-13-29(14-12-28)17-22(30)19-32-24-9-8-21(15-25(24)31-4)16-27(3)18-23-20(2)7-6-10-26-23/h6-10,15,22,30H,5,11-14,16-19H2,1-4H3/t22-/m1/s1. The molecule has 0 unspecified atom stereocenters. The monoisotopic (exact) mass is 442 g/mol. The summed E-state index contributed by atoms with van der Waals surface area (Å²) in [5.41, 5.74) is 3.43. The topological polar surface area (TPSA) is 61.3 Å². The minimum absolute atomic E-state index is 0.253. The molecule has 0 radical (unpaired) electrons. The number of aryl methyl sites for hydroxylation is 1. The zero-order valence-corrected chi connectivity index (χ0v) is 20.0. The molecule has 7 heteroatoms. The Kier molecular flexibility index (Phi) is 9.29. The van der Waals surface area contributed by atoms with Crippen molar-refractivity contribution in [1.29, 1.82) is 0 Å². The number of benzene rings is 1. The van der Waals surface area contributed by atoms with Gasteiger partial charge in [-0.05, 0) is 49.8 Å². The van der Waals surface area contributed by atoms with E-state index in [-0.39, 0.29) is 6.61 Å². The lowest BCUT2D eigenvalue weighted by molar-refractivity contribution is 0.0464. The Hall–Kier alpha value is -2.19. The Morgan fingerprint density at radius 3 is 2.53 bits per heavy atom. The first kappa shape index (κ1) is 24.5. The molecule has 1 saturated heterocycles. The molecule has 0 bridgehead atoms. The fourth-order valence-electron chi connectivity index (χ4n) is 4.06. The summed E-state index contributed by atoms with van der Waals surface area (Å²) in [5.74, 6) is 1.35. The van der Waals surface area contributed by atoms with Gasteiger partial charge < -0.3 is 19.5 Å². The first-order chi connectivity index (χ1) is 15.5. The van der Waals surface area contributed by atoms with E-state index in [1.165, 1.54) is 5.56 Å². The second-order valence-electron chi connectivity index (χ2n) is 8.62. The van der Waals surface area contributed by atoms with Gasteiger partial charge in [0.15, 0.2) is 11.5 Å². The van der Waals surface area contributed by atoms with Crippen LogP contribution in [0.2, 0.25) is 0 Å². The first-order valence-electron chi connectivity index (χ1n) is 11.5. The number of likely N-dealkylation sites (N-methyl/N-ethyl adjacent to an activating group) is 1. The van der Waals surface area contributed by atoms with Crippen molar-refractivity contribution in [2.75, 3.05) is 60.0 Å². The molecule has 32 heavy (non-hydrogen) atoms. The van der Waals surface area contributed by atoms with E-state index in [9.17, 15) is 5.11 Å². The average molecular weight is 443 g/mol. The molecule has 1 aromatic heterocycles. The van der Waals surface area contributed by atoms with Crippen LogP contribution in [0, 0.1) is 6.92 Å². The van der Waals surface area contributed by atoms with Gasteiger partial charge >= 0.3 is 0 Å². The highest BCUT2D eigenvalue weighted by atomic mass is 16.5. The van der Waals surface area contributed by atoms with Crippen LogP contribution in [0.15, 0.2) is 36.5 Å². The molecule has 1 atom stereocenters. The van der Waals surface area contributed by atoms with E-state index < -0.39 is 6.10 Å². The Balaban J connectivity index is 1.49. The van der Waals surface area contributed by atoms with Crippen molar-refractivity contribution in [2.24, 2.45) is 0 Å². The van der Waals surface area contributed by atoms with Gasteiger partial charge in [0.1, 0.15) is 12.7 Å². The molecule has 2 aromatic rings. The van der Waals surface area contributed by atoms with Crippen LogP contribution in [0.4, 0.5) is 0 Å². The molecule has 2 heterocycles. The molecular formula is C25H38N4O3. The Labute approximate surface area is 192 Å². The van der Waals surface area contributed by atoms with Crippen molar-refractivity contribution in [3.63, 3.8) is 0 Å². The van der Waals surface area contributed by atoms with Crippen LogP contribution in [0.3, 0.4) is 0 Å². The molecule has 1 N–H and O–H groups in total. The number of β-amino-alcohol motifs (C(OH)–C–C–N with tert-alkyl or cyclic N) is 1. The second kappa shape index (κ2) is 12.2. The highest BCUT2D eigenvalue weighted by Gasteiger charge is 2.19. The maximum atomic E-state index is 10.5. The van der Waals surface area contributed by atoms with E-state index >= 15 is 0 Å². The van der Waals surface area contributed by atoms with Gasteiger partial charge in [-0.25, -0.2) is 0 Å². The molecule has 0 saturated carbocycles. The number of piperazine rings is 1. The summed E-state index contributed by atoms with van der Waals surface area (Å²) < 4.78 is 11.5. The lowest BCUT2D eigenvalue weighted by Crippen LogP contribution is -2.49. The van der Waals surface area contributed by atoms with E-state index in [1.807, 2.05) is 24.4 Å².